The minimum absolute atomic E-state index is 0.0979. The van der Waals surface area contributed by atoms with Crippen LogP contribution in [0.1, 0.15) is 17.2 Å². The summed E-state index contributed by atoms with van der Waals surface area (Å²) in [7, 11) is -2.77. The molecule has 0 aliphatic heterocycles. The van der Waals surface area contributed by atoms with Gasteiger partial charge in [-0.05, 0) is 11.1 Å². The van der Waals surface area contributed by atoms with Crippen LogP contribution in [0.2, 0.25) is 0 Å². The number of halogens is 3. The maximum atomic E-state index is 12.9. The summed E-state index contributed by atoms with van der Waals surface area (Å²) in [5.41, 5.74) is 0.779. The Bertz CT molecular complexity index is 656. The van der Waals surface area contributed by atoms with Crippen LogP contribution in [0.25, 0.3) is 0 Å². The first-order chi connectivity index (χ1) is 12.3. The number of hydrogen-bond acceptors (Lipinski definition) is 5. The quantitative estimate of drug-likeness (QED) is 0.602. The maximum Gasteiger partial charge on any atom is 0.417 e. The number of benzene rings is 2. The number of rotatable bonds is 8. The molecule has 0 radical (unpaired) electrons. The Morgan fingerprint density at radius 1 is 0.923 bits per heavy atom. The molecule has 0 bridgehead atoms. The summed E-state index contributed by atoms with van der Waals surface area (Å²) in [5.74, 6) is 0. The second-order valence-electron chi connectivity index (χ2n) is 5.41. The molecule has 0 saturated carbocycles. The lowest BCUT2D eigenvalue weighted by Gasteiger charge is -2.30. The van der Waals surface area contributed by atoms with Gasteiger partial charge in [-0.3, -0.25) is 0 Å². The molecule has 2 aromatic rings. The average molecular weight is 390 g/mol. The van der Waals surface area contributed by atoms with E-state index in [1.807, 2.05) is 0 Å². The third kappa shape index (κ3) is 6.02. The molecule has 5 nitrogen and oxygen atoms in total. The molecule has 3 unspecified atom stereocenters. The van der Waals surface area contributed by atoms with E-state index in [0.29, 0.717) is 5.56 Å². The number of hydrogen-bond donors (Lipinski definition) is 3. The molecule has 26 heavy (non-hydrogen) atoms. The van der Waals surface area contributed by atoms with Crippen LogP contribution in [0.4, 0.5) is 13.2 Å². The van der Waals surface area contributed by atoms with E-state index in [9.17, 15) is 28.3 Å². The van der Waals surface area contributed by atoms with E-state index in [1.165, 1.54) is 24.3 Å². The zero-order valence-electron chi connectivity index (χ0n) is 13.5. The van der Waals surface area contributed by atoms with Gasteiger partial charge in [-0.2, -0.15) is 13.2 Å². The lowest BCUT2D eigenvalue weighted by Crippen LogP contribution is -2.44. The van der Waals surface area contributed by atoms with Crippen molar-refractivity contribution >= 4 is 8.60 Å². The molecular formula is C17H18F3O5P. The van der Waals surface area contributed by atoms with Crippen molar-refractivity contribution in [2.75, 3.05) is 0 Å². The summed E-state index contributed by atoms with van der Waals surface area (Å²) < 4.78 is 48.6. The summed E-state index contributed by atoms with van der Waals surface area (Å²) in [6, 6.07) is 16.1. The number of aliphatic hydroxyl groups excluding tert-OH is 2. The lowest BCUT2D eigenvalue weighted by atomic mass is 10.0. The molecule has 0 aromatic heterocycles. The largest absolute Gasteiger partial charge is 0.417 e. The van der Waals surface area contributed by atoms with Crippen molar-refractivity contribution in [2.24, 2.45) is 0 Å². The summed E-state index contributed by atoms with van der Waals surface area (Å²) in [6.07, 6.45) is -12.0. The highest BCUT2D eigenvalue weighted by molar-refractivity contribution is 7.40. The van der Waals surface area contributed by atoms with Crippen LogP contribution in [0.15, 0.2) is 60.7 Å². The highest BCUT2D eigenvalue weighted by Crippen LogP contribution is 2.42. The Kier molecular flexibility index (Phi) is 7.52. The first kappa shape index (κ1) is 20.8. The predicted octanol–water partition coefficient (Wildman–Crippen LogP) is 3.46. The van der Waals surface area contributed by atoms with Crippen molar-refractivity contribution in [2.45, 2.75) is 31.1 Å². The highest BCUT2D eigenvalue weighted by Gasteiger charge is 2.48. The fourth-order valence-electron chi connectivity index (χ4n) is 2.15. The molecule has 0 fully saturated rings. The van der Waals surface area contributed by atoms with E-state index in [1.54, 1.807) is 36.4 Å². The number of alkyl halides is 3. The third-order valence-electron chi connectivity index (χ3n) is 3.50. The molecular weight excluding hydrogens is 372 g/mol. The van der Waals surface area contributed by atoms with Crippen LogP contribution in [-0.4, -0.2) is 33.5 Å². The zero-order valence-corrected chi connectivity index (χ0v) is 14.3. The molecule has 9 heteroatoms. The summed E-state index contributed by atoms with van der Waals surface area (Å²) in [6.45, 7) is -0.0979. The van der Waals surface area contributed by atoms with Gasteiger partial charge in [0.05, 0.1) is 6.61 Å². The van der Waals surface area contributed by atoms with Crippen LogP contribution in [-0.2, 0) is 15.7 Å². The fraction of sp³-hybridized carbons (Fsp3) is 0.294. The van der Waals surface area contributed by atoms with E-state index in [4.69, 9.17) is 9.05 Å². The van der Waals surface area contributed by atoms with Gasteiger partial charge in [-0.15, -0.1) is 0 Å². The fourth-order valence-corrected chi connectivity index (χ4v) is 2.91. The Morgan fingerprint density at radius 3 is 2.00 bits per heavy atom. The van der Waals surface area contributed by atoms with E-state index in [0.717, 1.165) is 0 Å². The van der Waals surface area contributed by atoms with Gasteiger partial charge in [0.15, 0.2) is 6.10 Å². The van der Waals surface area contributed by atoms with Gasteiger partial charge in [-0.25, -0.2) is 0 Å². The normalized spacial score (nSPS) is 16.7. The monoisotopic (exact) mass is 390 g/mol. The van der Waals surface area contributed by atoms with Gasteiger partial charge < -0.3 is 24.2 Å². The molecule has 0 spiro atoms. The summed E-state index contributed by atoms with van der Waals surface area (Å²) >= 11 is 0. The first-order valence-electron chi connectivity index (χ1n) is 7.59. The van der Waals surface area contributed by atoms with Crippen molar-refractivity contribution in [1.29, 1.82) is 0 Å². The SMILES string of the molecule is OC(c1ccccc1)C(OP(O)OCc1ccccc1)[C@@H](O)C(F)(F)F. The van der Waals surface area contributed by atoms with Crippen molar-refractivity contribution in [3.8, 4) is 0 Å². The molecule has 0 aliphatic carbocycles. The lowest BCUT2D eigenvalue weighted by molar-refractivity contribution is -0.238. The van der Waals surface area contributed by atoms with Gasteiger partial charge in [0.1, 0.15) is 12.2 Å². The molecule has 2 aromatic carbocycles. The Labute approximate surface area is 149 Å². The molecule has 142 valence electrons. The average Bonchev–Trinajstić information content (AvgIpc) is 2.64. The molecule has 0 saturated heterocycles. The molecule has 0 heterocycles. The van der Waals surface area contributed by atoms with Gasteiger partial charge in [0.25, 0.3) is 0 Å². The van der Waals surface area contributed by atoms with Crippen molar-refractivity contribution in [3.63, 3.8) is 0 Å². The predicted molar refractivity (Wildman–Crippen MR) is 88.7 cm³/mol. The second kappa shape index (κ2) is 9.41. The van der Waals surface area contributed by atoms with Gasteiger partial charge in [-0.1, -0.05) is 60.7 Å². The topological polar surface area (TPSA) is 79.2 Å². The standard InChI is InChI=1S/C17H18F3O5P/c18-17(19,20)16(22)15(14(21)13-9-5-2-6-10-13)25-26(23)24-11-12-7-3-1-4-8-12/h1-10,14-16,21-23H,11H2/t14?,15?,16-,26?/m1/s1. The smallest absolute Gasteiger partial charge is 0.386 e. The second-order valence-corrected chi connectivity index (χ2v) is 6.35. The van der Waals surface area contributed by atoms with E-state index in [-0.39, 0.29) is 12.2 Å². The van der Waals surface area contributed by atoms with Gasteiger partial charge in [0.2, 0.25) is 0 Å². The molecule has 3 N–H and O–H groups in total. The number of aliphatic hydroxyl groups is 2. The van der Waals surface area contributed by atoms with E-state index < -0.39 is 33.1 Å². The van der Waals surface area contributed by atoms with Crippen molar-refractivity contribution < 1.29 is 37.3 Å². The van der Waals surface area contributed by atoms with Crippen LogP contribution in [0.5, 0.6) is 0 Å². The molecule has 0 aliphatic rings. The summed E-state index contributed by atoms with van der Waals surface area (Å²) in [5, 5.41) is 19.8. The highest BCUT2D eigenvalue weighted by atomic mass is 31.2. The Balaban J connectivity index is 2.08. The van der Waals surface area contributed by atoms with Crippen LogP contribution < -0.4 is 0 Å². The zero-order chi connectivity index (χ0) is 19.2. The van der Waals surface area contributed by atoms with Crippen molar-refractivity contribution in [3.05, 3.63) is 71.8 Å². The Morgan fingerprint density at radius 2 is 1.46 bits per heavy atom. The first-order valence-corrected chi connectivity index (χ1v) is 8.72. The van der Waals surface area contributed by atoms with Crippen molar-refractivity contribution in [1.82, 2.24) is 0 Å². The van der Waals surface area contributed by atoms with Crippen LogP contribution in [0.3, 0.4) is 0 Å². The minimum atomic E-state index is -5.05. The van der Waals surface area contributed by atoms with E-state index in [2.05, 4.69) is 0 Å². The van der Waals surface area contributed by atoms with E-state index >= 15 is 0 Å². The Hall–Kier alpha value is -1.54. The van der Waals surface area contributed by atoms with Gasteiger partial charge >= 0.3 is 14.8 Å². The van der Waals surface area contributed by atoms with Crippen LogP contribution >= 0.6 is 8.60 Å². The molecule has 0 amide bonds. The molecule has 4 atom stereocenters. The minimum Gasteiger partial charge on any atom is -0.386 e. The molecule has 2 rings (SSSR count). The summed E-state index contributed by atoms with van der Waals surface area (Å²) in [4.78, 5) is 9.82. The third-order valence-corrected chi connectivity index (χ3v) is 4.27. The van der Waals surface area contributed by atoms with Crippen LogP contribution in [0, 0.1) is 0 Å². The van der Waals surface area contributed by atoms with Gasteiger partial charge in [0, 0.05) is 0 Å². The maximum absolute atomic E-state index is 12.9.